The zero-order valence-corrected chi connectivity index (χ0v) is 22.2. The van der Waals surface area contributed by atoms with Crippen molar-refractivity contribution >= 4 is 29.0 Å². The minimum Gasteiger partial charge on any atom is -0.507 e. The van der Waals surface area contributed by atoms with Gasteiger partial charge in [-0.2, -0.15) is 0 Å². The Balaban J connectivity index is 1.70. The number of rotatable bonds is 6. The number of Topliss-reactive ketones (excluding diaryl/α,β-unsaturated/α-hetero) is 4. The van der Waals surface area contributed by atoms with E-state index in [2.05, 4.69) is 0 Å². The van der Waals surface area contributed by atoms with Crippen LogP contribution < -0.4 is 5.73 Å². The molecule has 4 N–H and O–H groups in total. The molecule has 11 nitrogen and oxygen atoms in total. The topological polar surface area (TPSA) is 174 Å². The number of nitrogens with two attached hydrogens (primary N) is 1. The number of carbonyl (C=O) groups excluding carboxylic acids is 5. The van der Waals surface area contributed by atoms with E-state index < -0.39 is 76.4 Å². The first kappa shape index (κ1) is 27.6. The molecule has 1 amide bonds. The molecule has 0 spiro atoms. The normalized spacial score (nSPS) is 36.6. The second-order valence-corrected chi connectivity index (χ2v) is 11.4. The van der Waals surface area contributed by atoms with Crippen molar-refractivity contribution in [3.8, 4) is 5.75 Å². The molecular formula is C28H34N2O9. The fourth-order valence-electron chi connectivity index (χ4n) is 7.53. The molecule has 0 aliphatic heterocycles. The summed E-state index contributed by atoms with van der Waals surface area (Å²) in [7, 11) is 4.39. The van der Waals surface area contributed by atoms with Gasteiger partial charge in [-0.1, -0.05) is 25.0 Å². The predicted octanol–water partition coefficient (Wildman–Crippen LogP) is -0.00780. The van der Waals surface area contributed by atoms with E-state index in [4.69, 9.17) is 15.2 Å². The maximum Gasteiger partial charge on any atom is 0.235 e. The average Bonchev–Trinajstić information content (AvgIpc) is 3.39. The molecule has 0 saturated heterocycles. The van der Waals surface area contributed by atoms with Gasteiger partial charge < -0.3 is 25.4 Å². The van der Waals surface area contributed by atoms with Crippen LogP contribution in [0.2, 0.25) is 0 Å². The van der Waals surface area contributed by atoms with Crippen LogP contribution in [0.3, 0.4) is 0 Å². The van der Waals surface area contributed by atoms with Crippen molar-refractivity contribution in [2.45, 2.75) is 55.5 Å². The van der Waals surface area contributed by atoms with Gasteiger partial charge in [0.2, 0.25) is 5.91 Å². The summed E-state index contributed by atoms with van der Waals surface area (Å²) in [4.78, 5) is 68.8. The van der Waals surface area contributed by atoms with Gasteiger partial charge in [0.1, 0.15) is 5.75 Å². The Hall–Kier alpha value is -2.99. The van der Waals surface area contributed by atoms with Crippen LogP contribution in [-0.4, -0.2) is 95.8 Å². The molecule has 3 fully saturated rings. The molecular weight excluding hydrogens is 508 g/mol. The first-order chi connectivity index (χ1) is 18.5. The average molecular weight is 543 g/mol. The monoisotopic (exact) mass is 542 g/mol. The Morgan fingerprint density at radius 1 is 1.13 bits per heavy atom. The van der Waals surface area contributed by atoms with Crippen molar-refractivity contribution in [2.75, 3.05) is 27.8 Å². The molecule has 0 heterocycles. The standard InChI is InChI=1S/C28H34N2O9/c1-30(2)21-20-24(38-3)17-14(11-39-12-7-4-5-8-12)13-9-6-10-15(31)16(13)22(32)18(17)25(34)28(20,37)26(35)19(23(21)33)27(29)36/h6,9-10,12,14,17-21,24,31,37H,4-5,7-8,11H2,1-3H3,(H2,29,36). The van der Waals surface area contributed by atoms with Gasteiger partial charge in [0, 0.05) is 18.9 Å². The first-order valence-electron chi connectivity index (χ1n) is 13.3. The third-order valence-electron chi connectivity index (χ3n) is 9.21. The van der Waals surface area contributed by atoms with Crippen molar-refractivity contribution in [3.63, 3.8) is 0 Å². The number of amides is 1. The Bertz CT molecular complexity index is 1240. The number of likely N-dealkylation sites (N-methyl/N-ethyl adjacent to an activating group) is 1. The molecule has 3 saturated carbocycles. The molecule has 0 radical (unpaired) electrons. The molecule has 8 unspecified atom stereocenters. The van der Waals surface area contributed by atoms with Crippen LogP contribution in [0.15, 0.2) is 18.2 Å². The number of aliphatic hydroxyl groups is 1. The number of phenolic OH excluding ortho intramolecular Hbond substituents is 1. The number of nitrogens with zero attached hydrogens (tertiary/aromatic N) is 1. The van der Waals surface area contributed by atoms with Crippen LogP contribution in [0.25, 0.3) is 0 Å². The fourth-order valence-corrected chi connectivity index (χ4v) is 7.53. The second kappa shape index (κ2) is 9.88. The quantitative estimate of drug-likeness (QED) is 0.415. The third-order valence-corrected chi connectivity index (χ3v) is 9.21. The number of ketones is 4. The highest BCUT2D eigenvalue weighted by atomic mass is 16.5. The molecule has 8 atom stereocenters. The Labute approximate surface area is 225 Å². The molecule has 39 heavy (non-hydrogen) atoms. The molecule has 1 aromatic rings. The number of primary amides is 1. The molecule has 0 aromatic heterocycles. The number of phenols is 1. The van der Waals surface area contributed by atoms with Gasteiger partial charge in [0.15, 0.2) is 34.7 Å². The fraction of sp³-hybridized carbons (Fsp3) is 0.607. The summed E-state index contributed by atoms with van der Waals surface area (Å²) in [6.07, 6.45) is 2.68. The molecule has 4 aliphatic carbocycles. The lowest BCUT2D eigenvalue weighted by Gasteiger charge is -2.57. The van der Waals surface area contributed by atoms with E-state index in [-0.39, 0.29) is 24.0 Å². The summed E-state index contributed by atoms with van der Waals surface area (Å²) in [5, 5.41) is 22.6. The molecule has 210 valence electrons. The summed E-state index contributed by atoms with van der Waals surface area (Å²) >= 11 is 0. The molecule has 4 aliphatic rings. The Kier molecular flexibility index (Phi) is 6.99. The summed E-state index contributed by atoms with van der Waals surface area (Å²) in [6, 6.07) is 3.34. The van der Waals surface area contributed by atoms with Gasteiger partial charge in [-0.05, 0) is 38.6 Å². The van der Waals surface area contributed by atoms with E-state index >= 15 is 0 Å². The van der Waals surface area contributed by atoms with E-state index in [0.717, 1.165) is 25.7 Å². The van der Waals surface area contributed by atoms with Crippen LogP contribution in [0.5, 0.6) is 5.75 Å². The van der Waals surface area contributed by atoms with Crippen LogP contribution >= 0.6 is 0 Å². The van der Waals surface area contributed by atoms with Crippen molar-refractivity contribution in [3.05, 3.63) is 29.3 Å². The minimum atomic E-state index is -2.89. The molecule has 11 heteroatoms. The van der Waals surface area contributed by atoms with Crippen molar-refractivity contribution in [2.24, 2.45) is 29.4 Å². The summed E-state index contributed by atoms with van der Waals surface area (Å²) in [6.45, 7) is 0.103. The number of aromatic hydroxyl groups is 1. The van der Waals surface area contributed by atoms with Gasteiger partial charge >= 0.3 is 0 Å². The molecule has 1 aromatic carbocycles. The molecule has 0 bridgehead atoms. The number of benzene rings is 1. The Morgan fingerprint density at radius 3 is 2.38 bits per heavy atom. The lowest BCUT2D eigenvalue weighted by molar-refractivity contribution is -0.201. The zero-order valence-electron chi connectivity index (χ0n) is 22.2. The van der Waals surface area contributed by atoms with Crippen LogP contribution in [0.1, 0.15) is 47.5 Å². The third kappa shape index (κ3) is 3.89. The van der Waals surface area contributed by atoms with Crippen molar-refractivity contribution < 1.29 is 43.7 Å². The van der Waals surface area contributed by atoms with E-state index in [0.29, 0.717) is 5.56 Å². The summed E-state index contributed by atoms with van der Waals surface area (Å²) in [5.41, 5.74) is 2.91. The van der Waals surface area contributed by atoms with Crippen molar-refractivity contribution in [1.29, 1.82) is 0 Å². The smallest absolute Gasteiger partial charge is 0.235 e. The molecule has 5 rings (SSSR count). The maximum atomic E-state index is 14.2. The van der Waals surface area contributed by atoms with Gasteiger partial charge in [0.05, 0.1) is 42.3 Å². The van der Waals surface area contributed by atoms with Gasteiger partial charge in [0.25, 0.3) is 0 Å². The maximum absolute atomic E-state index is 14.2. The number of hydrogen-bond acceptors (Lipinski definition) is 10. The summed E-state index contributed by atoms with van der Waals surface area (Å²) < 4.78 is 12.1. The first-order valence-corrected chi connectivity index (χ1v) is 13.3. The Morgan fingerprint density at radius 2 is 1.79 bits per heavy atom. The van der Waals surface area contributed by atoms with Gasteiger partial charge in [-0.25, -0.2) is 0 Å². The highest BCUT2D eigenvalue weighted by Crippen LogP contribution is 2.55. The van der Waals surface area contributed by atoms with Crippen LogP contribution in [-0.2, 0) is 28.7 Å². The second-order valence-electron chi connectivity index (χ2n) is 11.4. The minimum absolute atomic E-state index is 0.00254. The van der Waals surface area contributed by atoms with E-state index in [1.165, 1.54) is 32.2 Å². The number of hydrogen-bond donors (Lipinski definition) is 3. The van der Waals surface area contributed by atoms with Crippen molar-refractivity contribution in [1.82, 2.24) is 4.90 Å². The highest BCUT2D eigenvalue weighted by Gasteiger charge is 2.73. The van der Waals surface area contributed by atoms with Gasteiger partial charge in [-0.15, -0.1) is 0 Å². The SMILES string of the molecule is COC1C2C(C(=O)c3c(O)cccc3C2COC2CCCC2)C(=O)C2(O)C(=O)C(C(N)=O)C(=O)C(N(C)C)C12. The number of fused-ring (bicyclic) bond motifs is 3. The van der Waals surface area contributed by atoms with Gasteiger partial charge in [-0.3, -0.25) is 28.9 Å². The van der Waals surface area contributed by atoms with Crippen LogP contribution in [0.4, 0.5) is 0 Å². The van der Waals surface area contributed by atoms with E-state index in [1.807, 2.05) is 0 Å². The van der Waals surface area contributed by atoms with E-state index in [9.17, 15) is 34.2 Å². The summed E-state index contributed by atoms with van der Waals surface area (Å²) in [5.74, 6) is -12.3. The van der Waals surface area contributed by atoms with E-state index in [1.54, 1.807) is 12.1 Å². The number of ether oxygens (including phenoxy) is 2. The lowest BCUT2D eigenvalue weighted by Crippen LogP contribution is -2.78. The van der Waals surface area contributed by atoms with Crippen LogP contribution in [0, 0.1) is 23.7 Å². The lowest BCUT2D eigenvalue weighted by atomic mass is 9.49. The number of methoxy groups -OCH3 is 1. The highest BCUT2D eigenvalue weighted by molar-refractivity contribution is 6.32. The number of carbonyl (C=O) groups is 5. The predicted molar refractivity (Wildman–Crippen MR) is 135 cm³/mol. The zero-order chi connectivity index (χ0) is 28.4. The largest absolute Gasteiger partial charge is 0.507 e.